The fourth-order valence-electron chi connectivity index (χ4n) is 6.48. The second-order valence-corrected chi connectivity index (χ2v) is 11.3. The van der Waals surface area contributed by atoms with Crippen LogP contribution >= 0.6 is 0 Å². The summed E-state index contributed by atoms with van der Waals surface area (Å²) in [6, 6.07) is 16.2. The van der Waals surface area contributed by atoms with E-state index in [9.17, 15) is 9.90 Å². The van der Waals surface area contributed by atoms with E-state index in [1.54, 1.807) is 0 Å². The minimum Gasteiger partial charge on any atom is -0.457 e. The van der Waals surface area contributed by atoms with Crippen LogP contribution in [0, 0.1) is 5.92 Å². The zero-order valence-corrected chi connectivity index (χ0v) is 22.6. The minimum atomic E-state index is -0.225. The molecule has 2 saturated carbocycles. The molecular formula is C31H42N4O3. The zero-order valence-electron chi connectivity index (χ0n) is 22.6. The van der Waals surface area contributed by atoms with Crippen molar-refractivity contribution >= 4 is 17.6 Å². The summed E-state index contributed by atoms with van der Waals surface area (Å²) in [6.07, 6.45) is 10.4. The molecule has 2 fully saturated rings. The molecule has 1 aliphatic heterocycles. The van der Waals surface area contributed by atoms with Gasteiger partial charge in [0.25, 0.3) is 0 Å². The zero-order chi connectivity index (χ0) is 26.5. The van der Waals surface area contributed by atoms with E-state index in [-0.39, 0.29) is 18.1 Å². The first-order valence-electron chi connectivity index (χ1n) is 14.4. The Morgan fingerprint density at radius 3 is 2.53 bits per heavy atom. The average Bonchev–Trinajstić information content (AvgIpc) is 2.95. The highest BCUT2D eigenvalue weighted by atomic mass is 16.5. The number of aliphatic hydroxyl groups excluding tert-OH is 1. The van der Waals surface area contributed by atoms with Gasteiger partial charge < -0.3 is 25.4 Å². The highest BCUT2D eigenvalue weighted by molar-refractivity contribution is 5.84. The number of ether oxygens (including phenoxy) is 1. The standard InChI is InChI=1S/C31H42N4O3/c1-34(24-8-4-2-5-9-24)30(37)19-18-29(22-12-14-25(36)15-13-22)35-21-23-20-27(16-17-28(23)33-31(35)32)38-26-10-6-3-7-11-26/h3,6-7,10-11,16-17,20,22,24-25,29,36H,2,4-5,8-9,12-15,18-19,21H2,1H3,(H2,32,33)/t22?,25?,29-/m0/s1. The third-order valence-electron chi connectivity index (χ3n) is 8.76. The molecule has 0 unspecified atom stereocenters. The Hall–Kier alpha value is -3.06. The first kappa shape index (κ1) is 26.5. The van der Waals surface area contributed by atoms with Crippen LogP contribution in [0.25, 0.3) is 0 Å². The van der Waals surface area contributed by atoms with Crippen molar-refractivity contribution in [1.29, 1.82) is 0 Å². The van der Waals surface area contributed by atoms with E-state index in [2.05, 4.69) is 11.0 Å². The predicted molar refractivity (Wildman–Crippen MR) is 150 cm³/mol. The van der Waals surface area contributed by atoms with E-state index in [1.807, 2.05) is 54.4 Å². The number of hydrogen-bond donors (Lipinski definition) is 2. The van der Waals surface area contributed by atoms with E-state index in [4.69, 9.17) is 15.5 Å². The monoisotopic (exact) mass is 518 g/mol. The van der Waals surface area contributed by atoms with Crippen LogP contribution in [0.2, 0.25) is 0 Å². The number of nitrogens with zero attached hydrogens (tertiary/aromatic N) is 3. The quantitative estimate of drug-likeness (QED) is 0.466. The van der Waals surface area contributed by atoms with Gasteiger partial charge in [0, 0.05) is 37.7 Å². The number of para-hydroxylation sites is 1. The number of aliphatic imine (C=N–C) groups is 1. The van der Waals surface area contributed by atoms with Crippen molar-refractivity contribution < 1.29 is 14.6 Å². The van der Waals surface area contributed by atoms with E-state index in [0.29, 0.717) is 30.9 Å². The molecule has 0 bridgehead atoms. The lowest BCUT2D eigenvalue weighted by Gasteiger charge is -2.42. The number of carbonyl (C=O) groups is 1. The lowest BCUT2D eigenvalue weighted by Crippen LogP contribution is -2.50. The van der Waals surface area contributed by atoms with Gasteiger partial charge in [-0.25, -0.2) is 4.99 Å². The second-order valence-electron chi connectivity index (χ2n) is 11.3. The predicted octanol–water partition coefficient (Wildman–Crippen LogP) is 5.73. The lowest BCUT2D eigenvalue weighted by molar-refractivity contribution is -0.133. The summed E-state index contributed by atoms with van der Waals surface area (Å²) in [5, 5.41) is 10.2. The molecule has 1 atom stereocenters. The van der Waals surface area contributed by atoms with Crippen molar-refractivity contribution in [3.8, 4) is 11.5 Å². The second kappa shape index (κ2) is 12.2. The molecule has 204 valence electrons. The van der Waals surface area contributed by atoms with Gasteiger partial charge in [-0.3, -0.25) is 4.79 Å². The Balaban J connectivity index is 1.32. The normalized spacial score (nSPS) is 22.8. The molecule has 0 spiro atoms. The van der Waals surface area contributed by atoms with Gasteiger partial charge in [0.2, 0.25) is 5.91 Å². The highest BCUT2D eigenvalue weighted by Gasteiger charge is 2.35. The molecule has 1 heterocycles. The molecule has 0 radical (unpaired) electrons. The highest BCUT2D eigenvalue weighted by Crippen LogP contribution is 2.37. The summed E-state index contributed by atoms with van der Waals surface area (Å²) in [4.78, 5) is 22.2. The van der Waals surface area contributed by atoms with Crippen molar-refractivity contribution in [3.63, 3.8) is 0 Å². The van der Waals surface area contributed by atoms with Gasteiger partial charge in [0.1, 0.15) is 11.5 Å². The maximum atomic E-state index is 13.3. The number of hydrogen-bond acceptors (Lipinski definition) is 6. The molecule has 7 heteroatoms. The first-order valence-corrected chi connectivity index (χ1v) is 14.4. The number of aliphatic hydroxyl groups is 1. The molecular weight excluding hydrogens is 476 g/mol. The van der Waals surface area contributed by atoms with Crippen molar-refractivity contribution in [1.82, 2.24) is 9.80 Å². The van der Waals surface area contributed by atoms with Crippen LogP contribution in [0.15, 0.2) is 53.5 Å². The summed E-state index contributed by atoms with van der Waals surface area (Å²) in [5.41, 5.74) is 8.51. The minimum absolute atomic E-state index is 0.0989. The van der Waals surface area contributed by atoms with Gasteiger partial charge in [-0.2, -0.15) is 0 Å². The van der Waals surface area contributed by atoms with Gasteiger partial charge in [-0.05, 0) is 81.2 Å². The number of amides is 1. The van der Waals surface area contributed by atoms with Crippen LogP contribution in [-0.4, -0.2) is 52.0 Å². The summed E-state index contributed by atoms with van der Waals surface area (Å²) in [5.74, 6) is 2.67. The molecule has 0 aromatic heterocycles. The Morgan fingerprint density at radius 1 is 1.05 bits per heavy atom. The molecule has 5 rings (SSSR count). The van der Waals surface area contributed by atoms with Crippen molar-refractivity contribution in [2.75, 3.05) is 7.05 Å². The van der Waals surface area contributed by atoms with E-state index in [0.717, 1.165) is 67.7 Å². The van der Waals surface area contributed by atoms with Crippen LogP contribution in [0.4, 0.5) is 5.69 Å². The van der Waals surface area contributed by atoms with Crippen LogP contribution in [0.3, 0.4) is 0 Å². The van der Waals surface area contributed by atoms with E-state index < -0.39 is 0 Å². The first-order chi connectivity index (χ1) is 18.5. The number of rotatable bonds is 8. The molecule has 7 nitrogen and oxygen atoms in total. The summed E-state index contributed by atoms with van der Waals surface area (Å²) in [6.45, 7) is 0.632. The van der Waals surface area contributed by atoms with Gasteiger partial charge >= 0.3 is 0 Å². The van der Waals surface area contributed by atoms with E-state index >= 15 is 0 Å². The SMILES string of the molecule is CN(C(=O)CC[C@@H](C1CCC(O)CC1)N1Cc2cc(Oc3ccccc3)ccc2N=C1N)C1CCCCC1. The summed E-state index contributed by atoms with van der Waals surface area (Å²) >= 11 is 0. The maximum absolute atomic E-state index is 13.3. The van der Waals surface area contributed by atoms with Crippen molar-refractivity contribution in [2.45, 2.75) is 95.4 Å². The Morgan fingerprint density at radius 2 is 1.79 bits per heavy atom. The number of carbonyl (C=O) groups excluding carboxylic acids is 1. The third-order valence-corrected chi connectivity index (χ3v) is 8.76. The van der Waals surface area contributed by atoms with Gasteiger partial charge in [-0.1, -0.05) is 37.5 Å². The Labute approximate surface area is 226 Å². The summed E-state index contributed by atoms with van der Waals surface area (Å²) in [7, 11) is 1.98. The van der Waals surface area contributed by atoms with E-state index in [1.165, 1.54) is 19.3 Å². The topological polar surface area (TPSA) is 91.4 Å². The van der Waals surface area contributed by atoms with Crippen LogP contribution in [0.1, 0.15) is 76.2 Å². The average molecular weight is 519 g/mol. The third kappa shape index (κ3) is 6.32. The molecule has 2 aliphatic carbocycles. The maximum Gasteiger partial charge on any atom is 0.222 e. The molecule has 38 heavy (non-hydrogen) atoms. The number of nitrogens with two attached hydrogens (primary N) is 1. The fraction of sp³-hybridized carbons (Fsp3) is 0.548. The van der Waals surface area contributed by atoms with Gasteiger partial charge in [0.05, 0.1) is 11.8 Å². The van der Waals surface area contributed by atoms with Gasteiger partial charge in [-0.15, -0.1) is 0 Å². The fourth-order valence-corrected chi connectivity index (χ4v) is 6.48. The molecule has 2 aromatic rings. The number of benzene rings is 2. The number of guanidine groups is 1. The molecule has 3 N–H and O–H groups in total. The summed E-state index contributed by atoms with van der Waals surface area (Å²) < 4.78 is 6.08. The molecule has 2 aromatic carbocycles. The smallest absolute Gasteiger partial charge is 0.222 e. The van der Waals surface area contributed by atoms with Gasteiger partial charge in [0.15, 0.2) is 5.96 Å². The lowest BCUT2D eigenvalue weighted by atomic mass is 9.80. The molecule has 3 aliphatic rings. The number of fused-ring (bicyclic) bond motifs is 1. The van der Waals surface area contributed by atoms with Crippen LogP contribution in [-0.2, 0) is 11.3 Å². The Bertz CT molecular complexity index is 1110. The van der Waals surface area contributed by atoms with Crippen molar-refractivity contribution in [2.24, 2.45) is 16.6 Å². The van der Waals surface area contributed by atoms with Crippen molar-refractivity contribution in [3.05, 3.63) is 54.1 Å². The Kier molecular flexibility index (Phi) is 8.52. The van der Waals surface area contributed by atoms with Crippen LogP contribution < -0.4 is 10.5 Å². The molecule has 0 saturated heterocycles. The largest absolute Gasteiger partial charge is 0.457 e. The molecule has 1 amide bonds. The van der Waals surface area contributed by atoms with Crippen LogP contribution in [0.5, 0.6) is 11.5 Å².